The van der Waals surface area contributed by atoms with Gasteiger partial charge in [0.15, 0.2) is 16.6 Å². The van der Waals surface area contributed by atoms with E-state index in [1.54, 1.807) is 7.11 Å². The van der Waals surface area contributed by atoms with Crippen molar-refractivity contribution < 1.29 is 31.4 Å². The van der Waals surface area contributed by atoms with E-state index in [0.29, 0.717) is 32.9 Å². The molecule has 0 rings (SSSR count). The summed E-state index contributed by atoms with van der Waals surface area (Å²) in [5, 5.41) is 0. The van der Waals surface area contributed by atoms with E-state index in [1.807, 2.05) is 0 Å². The Morgan fingerprint density at radius 1 is 0.655 bits per heavy atom. The molecule has 0 bridgehead atoms. The quantitative estimate of drug-likeness (QED) is 0.161. The third-order valence-corrected chi connectivity index (χ3v) is 18.1. The lowest BCUT2D eigenvalue weighted by molar-refractivity contribution is -0.128. The van der Waals surface area contributed by atoms with Gasteiger partial charge in [-0.15, -0.1) is 0 Å². The maximum absolute atomic E-state index is 10.5. The van der Waals surface area contributed by atoms with Gasteiger partial charge in [0.25, 0.3) is 6.47 Å². The molecule has 2 unspecified atom stereocenters. The first-order valence-electron chi connectivity index (χ1n) is 10.5. The highest BCUT2D eigenvalue weighted by molar-refractivity contribution is 6.89. The molecule has 0 amide bonds. The first-order valence-corrected chi connectivity index (χ1v) is 22.3. The Hall–Kier alpha value is 0.138. The maximum Gasteiger partial charge on any atom is 0.316 e. The number of methoxy groups -OCH3 is 1. The zero-order valence-corrected chi connectivity index (χ0v) is 24.1. The summed E-state index contributed by atoms with van der Waals surface area (Å²) in [5.74, 6) is 0. The van der Waals surface area contributed by atoms with Crippen LogP contribution in [0.3, 0.4) is 0 Å². The van der Waals surface area contributed by atoms with E-state index in [9.17, 15) is 4.79 Å². The Morgan fingerprint density at radius 2 is 1.14 bits per heavy atom. The topological polar surface area (TPSA) is 72.5 Å². The summed E-state index contributed by atoms with van der Waals surface area (Å²) in [6, 6.07) is 1.65. The summed E-state index contributed by atoms with van der Waals surface area (Å²) in [7, 11) is -6.87. The van der Waals surface area contributed by atoms with Crippen LogP contribution in [0.2, 0.25) is 64.5 Å². The molecular weight excluding hydrogens is 441 g/mol. The SMILES string of the molecule is COCCOCCC[Si](C)(O[Si](C)(C)C)O[Si](C)(CCCOC=O)O[Si](C)(C)C. The van der Waals surface area contributed by atoms with E-state index in [0.717, 1.165) is 24.9 Å². The van der Waals surface area contributed by atoms with Crippen LogP contribution in [0.15, 0.2) is 0 Å². The summed E-state index contributed by atoms with van der Waals surface area (Å²) in [6.45, 7) is 20.2. The van der Waals surface area contributed by atoms with Crippen molar-refractivity contribution in [3.63, 3.8) is 0 Å². The van der Waals surface area contributed by atoms with Crippen LogP contribution in [0.4, 0.5) is 0 Å². The highest BCUT2D eigenvalue weighted by Gasteiger charge is 2.46. The Bertz CT molecular complexity index is 456. The molecule has 0 aromatic rings. The summed E-state index contributed by atoms with van der Waals surface area (Å²) in [4.78, 5) is 10.5. The van der Waals surface area contributed by atoms with Crippen LogP contribution in [-0.4, -0.2) is 73.8 Å². The highest BCUT2D eigenvalue weighted by Crippen LogP contribution is 2.30. The van der Waals surface area contributed by atoms with Crippen LogP contribution in [0, 0.1) is 0 Å². The fourth-order valence-corrected chi connectivity index (χ4v) is 21.6. The zero-order valence-electron chi connectivity index (χ0n) is 20.1. The molecule has 2 atom stereocenters. The zero-order chi connectivity index (χ0) is 22.6. The molecule has 0 fully saturated rings. The molecule has 7 nitrogen and oxygen atoms in total. The highest BCUT2D eigenvalue weighted by atomic mass is 28.5. The number of hydrogen-bond donors (Lipinski definition) is 0. The van der Waals surface area contributed by atoms with E-state index in [1.165, 1.54) is 0 Å². The minimum absolute atomic E-state index is 0.394. The van der Waals surface area contributed by atoms with Gasteiger partial charge in [-0.1, -0.05) is 0 Å². The van der Waals surface area contributed by atoms with Crippen LogP contribution in [0.5, 0.6) is 0 Å². The molecule has 0 N–H and O–H groups in total. The van der Waals surface area contributed by atoms with Gasteiger partial charge in [-0.05, 0) is 77.3 Å². The Balaban J connectivity index is 5.20. The fraction of sp³-hybridized carbons (Fsp3) is 0.944. The molecule has 0 spiro atoms. The van der Waals surface area contributed by atoms with Gasteiger partial charge in [0, 0.05) is 13.7 Å². The molecule has 0 saturated heterocycles. The summed E-state index contributed by atoms with van der Waals surface area (Å²) in [5.41, 5.74) is 0. The van der Waals surface area contributed by atoms with Gasteiger partial charge in [-0.2, -0.15) is 0 Å². The normalized spacial score (nSPS) is 16.9. The first kappa shape index (κ1) is 29.1. The lowest BCUT2D eigenvalue weighted by Gasteiger charge is -2.43. The second-order valence-electron chi connectivity index (χ2n) is 9.58. The van der Waals surface area contributed by atoms with E-state index in [2.05, 4.69) is 52.4 Å². The van der Waals surface area contributed by atoms with E-state index in [4.69, 9.17) is 26.6 Å². The van der Waals surface area contributed by atoms with Crippen molar-refractivity contribution in [2.45, 2.75) is 77.3 Å². The van der Waals surface area contributed by atoms with E-state index in [-0.39, 0.29) is 0 Å². The largest absolute Gasteiger partial charge is 0.468 e. The molecule has 174 valence electrons. The van der Waals surface area contributed by atoms with Crippen LogP contribution < -0.4 is 0 Å². The number of ether oxygens (including phenoxy) is 3. The number of hydrogen-bond acceptors (Lipinski definition) is 7. The molecule has 0 aromatic heterocycles. The predicted molar refractivity (Wildman–Crippen MR) is 127 cm³/mol. The Morgan fingerprint density at radius 3 is 1.55 bits per heavy atom. The van der Waals surface area contributed by atoms with Crippen molar-refractivity contribution in [3.8, 4) is 0 Å². The molecule has 0 radical (unpaired) electrons. The summed E-state index contributed by atoms with van der Waals surface area (Å²) >= 11 is 0. The van der Waals surface area contributed by atoms with Crippen molar-refractivity contribution in [1.29, 1.82) is 0 Å². The second-order valence-corrected chi connectivity index (χ2v) is 26.0. The number of rotatable bonds is 18. The lowest BCUT2D eigenvalue weighted by Crippen LogP contribution is -2.58. The van der Waals surface area contributed by atoms with Crippen LogP contribution in [0.1, 0.15) is 12.8 Å². The molecular formula is C18H44O7Si4. The van der Waals surface area contributed by atoms with Crippen LogP contribution in [0.25, 0.3) is 0 Å². The third-order valence-electron chi connectivity index (χ3n) is 3.79. The minimum Gasteiger partial charge on any atom is -0.468 e. The smallest absolute Gasteiger partial charge is 0.316 e. The standard InChI is InChI=1S/C18H44O7Si4/c1-20-14-15-21-12-10-16-28(8,23-26(2,3)4)25-29(9,24-27(5,6)7)17-11-13-22-18-19/h18H,10-17H2,1-9H3. The molecule has 0 saturated carbocycles. The molecule has 11 heteroatoms. The monoisotopic (exact) mass is 484 g/mol. The Labute approximate surface area is 182 Å². The van der Waals surface area contributed by atoms with Gasteiger partial charge in [-0.25, -0.2) is 0 Å². The van der Waals surface area contributed by atoms with E-state index < -0.39 is 33.8 Å². The molecule has 0 aliphatic heterocycles. The van der Waals surface area contributed by atoms with Gasteiger partial charge in [0.1, 0.15) is 0 Å². The first-order chi connectivity index (χ1) is 13.2. The lowest BCUT2D eigenvalue weighted by atomic mass is 10.5. The average Bonchev–Trinajstić information content (AvgIpc) is 2.51. The van der Waals surface area contributed by atoms with Crippen molar-refractivity contribution >= 4 is 40.2 Å². The van der Waals surface area contributed by atoms with Crippen LogP contribution >= 0.6 is 0 Å². The Kier molecular flexibility index (Phi) is 13.6. The van der Waals surface area contributed by atoms with Crippen molar-refractivity contribution in [2.24, 2.45) is 0 Å². The number of carbonyl (C=O) groups is 1. The van der Waals surface area contributed by atoms with Crippen molar-refractivity contribution in [3.05, 3.63) is 0 Å². The predicted octanol–water partition coefficient (Wildman–Crippen LogP) is 4.47. The van der Waals surface area contributed by atoms with Crippen molar-refractivity contribution in [1.82, 2.24) is 0 Å². The fourth-order valence-electron chi connectivity index (χ4n) is 3.26. The van der Waals surface area contributed by atoms with Gasteiger partial charge in [0.05, 0.1) is 19.8 Å². The van der Waals surface area contributed by atoms with Crippen LogP contribution in [-0.2, 0) is 31.4 Å². The van der Waals surface area contributed by atoms with Crippen molar-refractivity contribution in [2.75, 3.05) is 33.5 Å². The third kappa shape index (κ3) is 16.5. The van der Waals surface area contributed by atoms with Gasteiger partial charge < -0.3 is 26.6 Å². The minimum atomic E-state index is -2.49. The number of carbonyl (C=O) groups excluding carboxylic acids is 1. The summed E-state index contributed by atoms with van der Waals surface area (Å²) < 4.78 is 35.7. The molecule has 0 heterocycles. The molecule has 0 aliphatic carbocycles. The molecule has 0 aromatic carbocycles. The average molecular weight is 485 g/mol. The molecule has 29 heavy (non-hydrogen) atoms. The second kappa shape index (κ2) is 13.5. The van der Waals surface area contributed by atoms with Gasteiger partial charge in [0.2, 0.25) is 0 Å². The maximum atomic E-state index is 10.5. The molecule has 0 aliphatic rings. The summed E-state index contributed by atoms with van der Waals surface area (Å²) in [6.07, 6.45) is 1.63. The van der Waals surface area contributed by atoms with Gasteiger partial charge >= 0.3 is 17.1 Å². The van der Waals surface area contributed by atoms with E-state index >= 15 is 0 Å². The van der Waals surface area contributed by atoms with Gasteiger partial charge in [-0.3, -0.25) is 4.79 Å².